The molecular formula is C27H41N3O7. The molecule has 5 atom stereocenters. The van der Waals surface area contributed by atoms with Crippen molar-refractivity contribution >= 4 is 17.8 Å². The molecule has 0 radical (unpaired) electrons. The minimum absolute atomic E-state index is 0.142. The second kappa shape index (κ2) is 11.3. The number of carbonyl (C=O) groups excluding carboxylic acids is 3. The van der Waals surface area contributed by atoms with Crippen molar-refractivity contribution in [1.82, 2.24) is 10.2 Å². The quantitative estimate of drug-likeness (QED) is 0.243. The van der Waals surface area contributed by atoms with Crippen LogP contribution in [0.5, 0.6) is 11.5 Å². The number of benzene rings is 1. The molecule has 10 heteroatoms. The van der Waals surface area contributed by atoms with Crippen molar-refractivity contribution in [1.29, 1.82) is 0 Å². The van der Waals surface area contributed by atoms with Crippen LogP contribution in [0, 0.1) is 11.3 Å². The van der Waals surface area contributed by atoms with Gasteiger partial charge in [0.1, 0.15) is 23.8 Å². The second-order valence-corrected chi connectivity index (χ2v) is 11.0. The zero-order valence-electron chi connectivity index (χ0n) is 22.2. The topological polar surface area (TPSA) is 162 Å². The van der Waals surface area contributed by atoms with E-state index in [0.717, 1.165) is 19.3 Å². The third-order valence-electron chi connectivity index (χ3n) is 8.60. The van der Waals surface area contributed by atoms with E-state index in [1.54, 1.807) is 0 Å². The summed E-state index contributed by atoms with van der Waals surface area (Å²) < 4.78 is 6.10. The molecule has 2 amide bonds. The van der Waals surface area contributed by atoms with Gasteiger partial charge in [-0.25, -0.2) is 4.79 Å². The van der Waals surface area contributed by atoms with Gasteiger partial charge in [0.25, 0.3) is 0 Å². The molecule has 10 nitrogen and oxygen atoms in total. The summed E-state index contributed by atoms with van der Waals surface area (Å²) in [6, 6.07) is 2.09. The molecule has 2 fully saturated rings. The van der Waals surface area contributed by atoms with Crippen LogP contribution in [0.15, 0.2) is 18.2 Å². The number of aliphatic hydroxyl groups excluding tert-OH is 1. The second-order valence-electron chi connectivity index (χ2n) is 11.0. The van der Waals surface area contributed by atoms with E-state index in [1.165, 1.54) is 23.1 Å². The normalized spacial score (nSPS) is 26.5. The first kappa shape index (κ1) is 28.7. The number of nitrogens with one attached hydrogen (secondary N) is 1. The van der Waals surface area contributed by atoms with Gasteiger partial charge in [-0.1, -0.05) is 33.3 Å². The average molecular weight is 520 g/mol. The Labute approximate surface area is 218 Å². The summed E-state index contributed by atoms with van der Waals surface area (Å²) in [5.74, 6) is -1.97. The lowest BCUT2D eigenvalue weighted by atomic mass is 9.72. The van der Waals surface area contributed by atoms with Crippen LogP contribution in [0.2, 0.25) is 0 Å². The fourth-order valence-corrected chi connectivity index (χ4v) is 5.73. The molecule has 2 aliphatic rings. The molecule has 37 heavy (non-hydrogen) atoms. The SMILES string of the molecule is CC[C@@H]1CCC(C)(OC(=O)C2CCCN2C(=O)C(CN)NC(=O)C(O)Cc2ccc(O)c(O)c2)C1(C)C. The molecule has 1 saturated heterocycles. The van der Waals surface area contributed by atoms with Crippen molar-refractivity contribution in [3.8, 4) is 11.5 Å². The maximum absolute atomic E-state index is 13.3. The van der Waals surface area contributed by atoms with Crippen LogP contribution >= 0.6 is 0 Å². The number of hydrogen-bond donors (Lipinski definition) is 5. The highest BCUT2D eigenvalue weighted by atomic mass is 16.6. The molecule has 6 N–H and O–H groups in total. The Balaban J connectivity index is 1.64. The fourth-order valence-electron chi connectivity index (χ4n) is 5.73. The number of rotatable bonds is 9. The number of aromatic hydroxyl groups is 2. The summed E-state index contributed by atoms with van der Waals surface area (Å²) in [7, 11) is 0. The molecule has 1 aromatic carbocycles. The van der Waals surface area contributed by atoms with Gasteiger partial charge in [0.2, 0.25) is 11.8 Å². The molecule has 0 aromatic heterocycles. The Morgan fingerprint density at radius 3 is 2.49 bits per heavy atom. The maximum Gasteiger partial charge on any atom is 0.329 e. The summed E-state index contributed by atoms with van der Waals surface area (Å²) >= 11 is 0. The Bertz CT molecular complexity index is 1010. The summed E-state index contributed by atoms with van der Waals surface area (Å²) in [6.07, 6.45) is 2.19. The molecule has 1 heterocycles. The minimum Gasteiger partial charge on any atom is -0.504 e. The number of likely N-dealkylation sites (tertiary alicyclic amines) is 1. The smallest absolute Gasteiger partial charge is 0.329 e. The lowest BCUT2D eigenvalue weighted by Gasteiger charge is -2.42. The molecule has 4 unspecified atom stereocenters. The van der Waals surface area contributed by atoms with E-state index >= 15 is 0 Å². The van der Waals surface area contributed by atoms with Crippen LogP contribution in [0.4, 0.5) is 0 Å². The number of phenols is 2. The molecule has 1 aromatic rings. The van der Waals surface area contributed by atoms with Crippen molar-refractivity contribution in [2.75, 3.05) is 13.1 Å². The number of nitrogens with zero attached hydrogens (tertiary/aromatic N) is 1. The summed E-state index contributed by atoms with van der Waals surface area (Å²) in [5, 5.41) is 31.9. The van der Waals surface area contributed by atoms with Gasteiger partial charge >= 0.3 is 5.97 Å². The Morgan fingerprint density at radius 1 is 1.19 bits per heavy atom. The van der Waals surface area contributed by atoms with Gasteiger partial charge in [-0.05, 0) is 56.2 Å². The van der Waals surface area contributed by atoms with E-state index in [-0.39, 0.29) is 29.9 Å². The predicted molar refractivity (Wildman–Crippen MR) is 136 cm³/mol. The third kappa shape index (κ3) is 5.85. The van der Waals surface area contributed by atoms with E-state index in [9.17, 15) is 29.7 Å². The van der Waals surface area contributed by atoms with Crippen molar-refractivity contribution in [2.24, 2.45) is 17.1 Å². The van der Waals surface area contributed by atoms with E-state index in [4.69, 9.17) is 10.5 Å². The summed E-state index contributed by atoms with van der Waals surface area (Å²) in [5.41, 5.74) is 5.40. The Kier molecular flexibility index (Phi) is 8.74. The monoisotopic (exact) mass is 519 g/mol. The van der Waals surface area contributed by atoms with Crippen molar-refractivity contribution in [2.45, 2.75) is 90.0 Å². The maximum atomic E-state index is 13.3. The summed E-state index contributed by atoms with van der Waals surface area (Å²) in [6.45, 7) is 8.51. The van der Waals surface area contributed by atoms with Crippen LogP contribution < -0.4 is 11.1 Å². The first-order valence-corrected chi connectivity index (χ1v) is 13.1. The van der Waals surface area contributed by atoms with Gasteiger partial charge in [0, 0.05) is 24.9 Å². The highest BCUT2D eigenvalue weighted by Crippen LogP contribution is 2.53. The first-order valence-electron chi connectivity index (χ1n) is 13.1. The molecule has 0 spiro atoms. The van der Waals surface area contributed by atoms with Gasteiger partial charge < -0.3 is 36.0 Å². The van der Waals surface area contributed by atoms with Gasteiger partial charge in [-0.3, -0.25) is 9.59 Å². The number of nitrogens with two attached hydrogens (primary N) is 1. The van der Waals surface area contributed by atoms with Crippen LogP contribution in [0.3, 0.4) is 0 Å². The molecule has 1 aliphatic heterocycles. The average Bonchev–Trinajstić information content (AvgIpc) is 3.42. The first-order chi connectivity index (χ1) is 17.3. The van der Waals surface area contributed by atoms with E-state index < -0.39 is 41.6 Å². The number of esters is 1. The number of ether oxygens (including phenoxy) is 1. The number of phenolic OH excluding ortho intramolecular Hbond substituents is 2. The fraction of sp³-hybridized carbons (Fsp3) is 0.667. The Hall–Kier alpha value is -2.85. The predicted octanol–water partition coefficient (Wildman–Crippen LogP) is 1.58. The molecule has 1 saturated carbocycles. The van der Waals surface area contributed by atoms with E-state index in [1.807, 2.05) is 6.92 Å². The molecule has 0 bridgehead atoms. The largest absolute Gasteiger partial charge is 0.504 e. The number of carbonyl (C=O) groups is 3. The molecular weight excluding hydrogens is 478 g/mol. The lowest BCUT2D eigenvalue weighted by Crippen LogP contribution is -2.57. The molecule has 206 valence electrons. The van der Waals surface area contributed by atoms with Gasteiger partial charge in [0.15, 0.2) is 11.5 Å². The van der Waals surface area contributed by atoms with Gasteiger partial charge in [-0.15, -0.1) is 0 Å². The Morgan fingerprint density at radius 2 is 1.89 bits per heavy atom. The summed E-state index contributed by atoms with van der Waals surface area (Å²) in [4.78, 5) is 40.6. The standard InChI is InChI=1S/C27H41N3O7/c1-5-17-10-11-27(4,26(17,2)3)37-25(36)19-7-6-12-30(19)24(35)18(15-28)29-23(34)22(33)14-16-8-9-20(31)21(32)13-16/h8-9,13,17-19,22,31-33H,5-7,10-12,14-15,28H2,1-4H3,(H,29,34)/t17-,18?,19?,22?,27?/m1/s1. The third-order valence-corrected chi connectivity index (χ3v) is 8.60. The van der Waals surface area contributed by atoms with Crippen LogP contribution in [0.1, 0.15) is 65.4 Å². The van der Waals surface area contributed by atoms with E-state index in [0.29, 0.717) is 30.9 Å². The van der Waals surface area contributed by atoms with Gasteiger partial charge in [-0.2, -0.15) is 0 Å². The van der Waals surface area contributed by atoms with Crippen LogP contribution in [0.25, 0.3) is 0 Å². The number of hydrogen-bond acceptors (Lipinski definition) is 8. The molecule has 1 aliphatic carbocycles. The van der Waals surface area contributed by atoms with Gasteiger partial charge in [0.05, 0.1) is 0 Å². The van der Waals surface area contributed by atoms with E-state index in [2.05, 4.69) is 26.1 Å². The zero-order valence-corrected chi connectivity index (χ0v) is 22.2. The lowest BCUT2D eigenvalue weighted by molar-refractivity contribution is -0.176. The van der Waals surface area contributed by atoms with Crippen LogP contribution in [-0.4, -0.2) is 74.9 Å². The minimum atomic E-state index is -1.51. The number of amides is 2. The van der Waals surface area contributed by atoms with Crippen LogP contribution in [-0.2, 0) is 25.5 Å². The highest BCUT2D eigenvalue weighted by molar-refractivity contribution is 5.92. The molecule has 3 rings (SSSR count). The van der Waals surface area contributed by atoms with Crippen molar-refractivity contribution in [3.63, 3.8) is 0 Å². The zero-order chi connectivity index (χ0) is 27.5. The number of aliphatic hydroxyl groups is 1. The highest BCUT2D eigenvalue weighted by Gasteiger charge is 2.54. The van der Waals surface area contributed by atoms with Crippen molar-refractivity contribution in [3.05, 3.63) is 23.8 Å². The van der Waals surface area contributed by atoms with Crippen molar-refractivity contribution < 1.29 is 34.4 Å².